The topological polar surface area (TPSA) is 56.8 Å². The molecule has 2 heterocycles. The first-order chi connectivity index (χ1) is 13.2. The van der Waals surface area contributed by atoms with Crippen LogP contribution in [0.15, 0.2) is 48.5 Å². The summed E-state index contributed by atoms with van der Waals surface area (Å²) in [6, 6.07) is 15.6. The van der Waals surface area contributed by atoms with E-state index in [1.807, 2.05) is 48.5 Å². The van der Waals surface area contributed by atoms with Crippen molar-refractivity contribution in [1.82, 2.24) is 5.32 Å². The van der Waals surface area contributed by atoms with Gasteiger partial charge >= 0.3 is 0 Å². The zero-order valence-electron chi connectivity index (χ0n) is 15.6. The average molecular weight is 367 g/mol. The second-order valence-corrected chi connectivity index (χ2v) is 7.25. The van der Waals surface area contributed by atoms with Crippen LogP contribution in [0.25, 0.3) is 0 Å². The SMILES string of the molecule is COc1ccccc1CC(=O)N[C@H]1CC2(CCOCC2)Oc2ccccc21. The highest BCUT2D eigenvalue weighted by molar-refractivity contribution is 5.80. The van der Waals surface area contributed by atoms with Gasteiger partial charge in [0.05, 0.1) is 32.8 Å². The number of rotatable bonds is 4. The van der Waals surface area contributed by atoms with Crippen LogP contribution >= 0.6 is 0 Å². The Balaban J connectivity index is 1.54. The maximum Gasteiger partial charge on any atom is 0.225 e. The van der Waals surface area contributed by atoms with Gasteiger partial charge in [0.2, 0.25) is 5.91 Å². The quantitative estimate of drug-likeness (QED) is 0.900. The van der Waals surface area contributed by atoms with E-state index in [2.05, 4.69) is 5.32 Å². The monoisotopic (exact) mass is 367 g/mol. The summed E-state index contributed by atoms with van der Waals surface area (Å²) in [6.45, 7) is 1.40. The number of nitrogens with one attached hydrogen (secondary N) is 1. The number of methoxy groups -OCH3 is 1. The fourth-order valence-electron chi connectivity index (χ4n) is 4.06. The van der Waals surface area contributed by atoms with Gasteiger partial charge in [0.1, 0.15) is 17.1 Å². The van der Waals surface area contributed by atoms with Gasteiger partial charge in [-0.05, 0) is 12.1 Å². The first kappa shape index (κ1) is 17.9. The molecule has 2 aliphatic heterocycles. The van der Waals surface area contributed by atoms with E-state index in [-0.39, 0.29) is 17.6 Å². The molecule has 0 aromatic heterocycles. The molecule has 5 nitrogen and oxygen atoms in total. The molecule has 4 rings (SSSR count). The van der Waals surface area contributed by atoms with Crippen molar-refractivity contribution in [3.8, 4) is 11.5 Å². The van der Waals surface area contributed by atoms with Gasteiger partial charge in [-0.3, -0.25) is 4.79 Å². The van der Waals surface area contributed by atoms with Gasteiger partial charge in [-0.1, -0.05) is 36.4 Å². The highest BCUT2D eigenvalue weighted by Gasteiger charge is 2.42. The van der Waals surface area contributed by atoms with E-state index in [0.717, 1.165) is 41.9 Å². The lowest BCUT2D eigenvalue weighted by atomic mass is 9.82. The molecule has 0 bridgehead atoms. The van der Waals surface area contributed by atoms with Crippen LogP contribution in [-0.4, -0.2) is 31.8 Å². The van der Waals surface area contributed by atoms with Crippen LogP contribution in [0.3, 0.4) is 0 Å². The fraction of sp³-hybridized carbons (Fsp3) is 0.409. The van der Waals surface area contributed by atoms with Gasteiger partial charge in [0.15, 0.2) is 0 Å². The molecule has 27 heavy (non-hydrogen) atoms. The summed E-state index contributed by atoms with van der Waals surface area (Å²) in [5, 5.41) is 3.23. The Bertz CT molecular complexity index is 813. The third kappa shape index (κ3) is 3.78. The number of hydrogen-bond acceptors (Lipinski definition) is 4. The zero-order chi connectivity index (χ0) is 18.7. The van der Waals surface area contributed by atoms with Crippen molar-refractivity contribution in [2.45, 2.75) is 37.3 Å². The highest BCUT2D eigenvalue weighted by atomic mass is 16.5. The number of carbonyl (C=O) groups excluding carboxylic acids is 1. The minimum absolute atomic E-state index is 0.0107. The lowest BCUT2D eigenvalue weighted by Crippen LogP contribution is -2.48. The van der Waals surface area contributed by atoms with E-state index >= 15 is 0 Å². The zero-order valence-corrected chi connectivity index (χ0v) is 15.6. The molecule has 0 unspecified atom stereocenters. The van der Waals surface area contributed by atoms with E-state index in [1.165, 1.54) is 0 Å². The van der Waals surface area contributed by atoms with Crippen LogP contribution in [0.2, 0.25) is 0 Å². The fourth-order valence-corrected chi connectivity index (χ4v) is 4.06. The van der Waals surface area contributed by atoms with Crippen molar-refractivity contribution in [2.75, 3.05) is 20.3 Å². The predicted molar refractivity (Wildman–Crippen MR) is 102 cm³/mol. The summed E-state index contributed by atoms with van der Waals surface area (Å²) in [4.78, 5) is 12.8. The molecular weight excluding hydrogens is 342 g/mol. The summed E-state index contributed by atoms with van der Waals surface area (Å²) in [5.74, 6) is 1.59. The molecule has 0 aliphatic carbocycles. The van der Waals surface area contributed by atoms with Gasteiger partial charge in [0.25, 0.3) is 0 Å². The summed E-state index contributed by atoms with van der Waals surface area (Å²) in [6.07, 6.45) is 2.76. The smallest absolute Gasteiger partial charge is 0.225 e. The van der Waals surface area contributed by atoms with E-state index < -0.39 is 0 Å². The van der Waals surface area contributed by atoms with Crippen LogP contribution in [0.5, 0.6) is 11.5 Å². The molecule has 1 amide bonds. The lowest BCUT2D eigenvalue weighted by Gasteiger charge is -2.44. The van der Waals surface area contributed by atoms with E-state index in [1.54, 1.807) is 7.11 Å². The number of para-hydroxylation sites is 2. The summed E-state index contributed by atoms with van der Waals surface area (Å²) >= 11 is 0. The Morgan fingerprint density at radius 1 is 1.15 bits per heavy atom. The normalized spacial score (nSPS) is 20.4. The van der Waals surface area contributed by atoms with Crippen molar-refractivity contribution in [2.24, 2.45) is 0 Å². The van der Waals surface area contributed by atoms with Crippen molar-refractivity contribution < 1.29 is 19.0 Å². The summed E-state index contributed by atoms with van der Waals surface area (Å²) in [7, 11) is 1.63. The van der Waals surface area contributed by atoms with Gasteiger partial charge in [-0.25, -0.2) is 0 Å². The van der Waals surface area contributed by atoms with Crippen molar-refractivity contribution >= 4 is 5.91 Å². The Labute approximate surface area is 159 Å². The van der Waals surface area contributed by atoms with Gasteiger partial charge < -0.3 is 19.5 Å². The van der Waals surface area contributed by atoms with Crippen LogP contribution < -0.4 is 14.8 Å². The largest absolute Gasteiger partial charge is 0.496 e. The molecule has 2 aromatic carbocycles. The molecule has 0 radical (unpaired) electrons. The first-order valence-electron chi connectivity index (χ1n) is 9.46. The van der Waals surface area contributed by atoms with E-state index in [4.69, 9.17) is 14.2 Å². The average Bonchev–Trinajstić information content (AvgIpc) is 2.69. The molecule has 1 N–H and O–H groups in total. The lowest BCUT2D eigenvalue weighted by molar-refractivity contribution is -0.122. The number of fused-ring (bicyclic) bond motifs is 1. The Morgan fingerprint density at radius 2 is 1.89 bits per heavy atom. The molecule has 2 aliphatic rings. The summed E-state index contributed by atoms with van der Waals surface area (Å²) < 4.78 is 17.3. The number of amides is 1. The molecule has 5 heteroatoms. The molecule has 1 spiro atoms. The Kier molecular flexibility index (Phi) is 5.03. The Morgan fingerprint density at radius 3 is 2.70 bits per heavy atom. The number of hydrogen-bond donors (Lipinski definition) is 1. The van der Waals surface area contributed by atoms with Crippen molar-refractivity contribution in [1.29, 1.82) is 0 Å². The van der Waals surface area contributed by atoms with Crippen LogP contribution in [0.4, 0.5) is 0 Å². The van der Waals surface area contributed by atoms with Crippen LogP contribution in [-0.2, 0) is 16.0 Å². The highest BCUT2D eigenvalue weighted by Crippen LogP contribution is 2.43. The molecule has 1 atom stereocenters. The molecule has 142 valence electrons. The van der Waals surface area contributed by atoms with Crippen molar-refractivity contribution in [3.63, 3.8) is 0 Å². The molecular formula is C22H25NO4. The third-order valence-corrected chi connectivity index (χ3v) is 5.48. The van der Waals surface area contributed by atoms with Gasteiger partial charge in [0, 0.05) is 30.4 Å². The third-order valence-electron chi connectivity index (χ3n) is 5.48. The standard InChI is InChI=1S/C22H25NO4/c1-25-19-8-4-2-6-16(19)14-21(24)23-18-15-22(10-12-26-13-11-22)27-20-9-5-3-7-17(18)20/h2-9,18H,10-15H2,1H3,(H,23,24)/t18-/m0/s1. The van der Waals surface area contributed by atoms with E-state index in [9.17, 15) is 4.79 Å². The predicted octanol–water partition coefficient (Wildman–Crippen LogP) is 3.43. The van der Waals surface area contributed by atoms with Gasteiger partial charge in [-0.15, -0.1) is 0 Å². The summed E-state index contributed by atoms with van der Waals surface area (Å²) in [5.41, 5.74) is 1.68. The number of ether oxygens (including phenoxy) is 3. The first-order valence-corrected chi connectivity index (χ1v) is 9.46. The van der Waals surface area contributed by atoms with Crippen LogP contribution in [0, 0.1) is 0 Å². The molecule has 1 saturated heterocycles. The maximum atomic E-state index is 12.8. The Hall–Kier alpha value is -2.53. The minimum atomic E-state index is -0.255. The number of carbonyl (C=O) groups is 1. The minimum Gasteiger partial charge on any atom is -0.496 e. The van der Waals surface area contributed by atoms with E-state index in [0.29, 0.717) is 19.6 Å². The van der Waals surface area contributed by atoms with Crippen molar-refractivity contribution in [3.05, 3.63) is 59.7 Å². The van der Waals surface area contributed by atoms with Gasteiger partial charge in [-0.2, -0.15) is 0 Å². The number of benzene rings is 2. The van der Waals surface area contributed by atoms with Crippen LogP contribution in [0.1, 0.15) is 36.4 Å². The second kappa shape index (κ2) is 7.61. The molecule has 0 saturated carbocycles. The molecule has 1 fully saturated rings. The maximum absolute atomic E-state index is 12.8. The molecule has 2 aromatic rings. The second-order valence-electron chi connectivity index (χ2n) is 7.25.